The highest BCUT2D eigenvalue weighted by molar-refractivity contribution is 5.90. The van der Waals surface area contributed by atoms with Gasteiger partial charge in [0.15, 0.2) is 17.6 Å². The summed E-state index contributed by atoms with van der Waals surface area (Å²) < 4.78 is 21.6. The summed E-state index contributed by atoms with van der Waals surface area (Å²) >= 11 is 0. The molecule has 3 rings (SSSR count). The number of carbonyl (C=O) groups is 2. The third-order valence-corrected chi connectivity index (χ3v) is 4.51. The Hall–Kier alpha value is -3.48. The largest absolute Gasteiger partial charge is 0.493 e. The lowest BCUT2D eigenvalue weighted by atomic mass is 10.1. The zero-order valence-corrected chi connectivity index (χ0v) is 17.3. The molecule has 0 saturated heterocycles. The van der Waals surface area contributed by atoms with Crippen LogP contribution in [0.5, 0.6) is 17.2 Å². The van der Waals surface area contributed by atoms with Crippen molar-refractivity contribution in [1.29, 1.82) is 0 Å². The van der Waals surface area contributed by atoms with E-state index in [9.17, 15) is 9.59 Å². The second kappa shape index (κ2) is 9.82. The maximum absolute atomic E-state index is 12.2. The van der Waals surface area contributed by atoms with Crippen LogP contribution >= 0.6 is 0 Å². The molecule has 1 aliphatic rings. The second-order valence-corrected chi connectivity index (χ2v) is 6.86. The van der Waals surface area contributed by atoms with Gasteiger partial charge in [0.25, 0.3) is 5.91 Å². The molecule has 0 bridgehead atoms. The fraction of sp³-hybridized carbons (Fsp3) is 0.304. The average molecular weight is 411 g/mol. The van der Waals surface area contributed by atoms with Crippen LogP contribution in [0.25, 0.3) is 6.08 Å². The van der Waals surface area contributed by atoms with Gasteiger partial charge >= 0.3 is 5.97 Å². The average Bonchev–Trinajstić information content (AvgIpc) is 2.76. The van der Waals surface area contributed by atoms with Gasteiger partial charge in [-0.1, -0.05) is 29.8 Å². The molecule has 2 aromatic rings. The Labute approximate surface area is 175 Å². The van der Waals surface area contributed by atoms with E-state index in [2.05, 4.69) is 5.32 Å². The molecule has 1 heterocycles. The predicted octanol–water partition coefficient (Wildman–Crippen LogP) is 3.04. The molecule has 2 aromatic carbocycles. The van der Waals surface area contributed by atoms with Crippen LogP contribution < -0.4 is 19.5 Å². The van der Waals surface area contributed by atoms with Crippen molar-refractivity contribution in [3.63, 3.8) is 0 Å². The number of aryl methyl sites for hydroxylation is 1. The van der Waals surface area contributed by atoms with Crippen molar-refractivity contribution in [2.45, 2.75) is 26.5 Å². The van der Waals surface area contributed by atoms with Gasteiger partial charge in [0, 0.05) is 12.6 Å². The number of fused-ring (bicyclic) bond motifs is 1. The van der Waals surface area contributed by atoms with Gasteiger partial charge in [-0.05, 0) is 43.2 Å². The summed E-state index contributed by atoms with van der Waals surface area (Å²) in [5.74, 6) is 0.629. The summed E-state index contributed by atoms with van der Waals surface area (Å²) in [7, 11) is 1.53. The first kappa shape index (κ1) is 21.2. The number of nitrogens with one attached hydrogen (secondary N) is 1. The highest BCUT2D eigenvalue weighted by Gasteiger charge is 2.19. The van der Waals surface area contributed by atoms with E-state index in [4.69, 9.17) is 18.9 Å². The van der Waals surface area contributed by atoms with Crippen LogP contribution in [0.2, 0.25) is 0 Å². The van der Waals surface area contributed by atoms with Gasteiger partial charge in [-0.15, -0.1) is 0 Å². The Kier molecular flexibility index (Phi) is 6.95. The fourth-order valence-electron chi connectivity index (χ4n) is 2.86. The Bertz CT molecular complexity index is 918. The minimum Gasteiger partial charge on any atom is -0.493 e. The minimum absolute atomic E-state index is 0.363. The number of ether oxygens (including phenoxy) is 4. The molecule has 0 aliphatic carbocycles. The molecule has 0 spiro atoms. The Morgan fingerprint density at radius 3 is 2.63 bits per heavy atom. The van der Waals surface area contributed by atoms with Gasteiger partial charge in [0.1, 0.15) is 13.2 Å². The number of benzene rings is 2. The Morgan fingerprint density at radius 1 is 1.17 bits per heavy atom. The summed E-state index contributed by atoms with van der Waals surface area (Å²) in [6, 6.07) is 11.3. The highest BCUT2D eigenvalue weighted by Crippen LogP contribution is 2.40. The van der Waals surface area contributed by atoms with Crippen LogP contribution in [0.4, 0.5) is 0 Å². The summed E-state index contributed by atoms with van der Waals surface area (Å²) in [6.45, 7) is 4.80. The lowest BCUT2D eigenvalue weighted by molar-refractivity contribution is -0.150. The van der Waals surface area contributed by atoms with Gasteiger partial charge in [-0.25, -0.2) is 4.79 Å². The molecule has 158 valence electrons. The maximum Gasteiger partial charge on any atom is 0.331 e. The molecule has 7 heteroatoms. The van der Waals surface area contributed by atoms with Gasteiger partial charge in [-0.3, -0.25) is 4.79 Å². The maximum atomic E-state index is 12.2. The topological polar surface area (TPSA) is 83.1 Å². The first-order chi connectivity index (χ1) is 14.5. The molecule has 0 aromatic heterocycles. The summed E-state index contributed by atoms with van der Waals surface area (Å²) in [6.07, 6.45) is 1.91. The van der Waals surface area contributed by atoms with E-state index < -0.39 is 12.1 Å². The molecular formula is C23H25NO6. The number of carbonyl (C=O) groups excluding carboxylic acids is 2. The second-order valence-electron chi connectivity index (χ2n) is 6.86. The third kappa shape index (κ3) is 5.53. The molecule has 0 radical (unpaired) electrons. The van der Waals surface area contributed by atoms with E-state index in [1.807, 2.05) is 31.2 Å². The molecule has 0 saturated carbocycles. The van der Waals surface area contributed by atoms with Crippen LogP contribution in [0.1, 0.15) is 23.6 Å². The molecule has 7 nitrogen and oxygen atoms in total. The monoisotopic (exact) mass is 411 g/mol. The molecule has 1 N–H and O–H groups in total. The minimum atomic E-state index is -0.914. The van der Waals surface area contributed by atoms with Gasteiger partial charge in [0.2, 0.25) is 5.75 Å². The number of methoxy groups -OCH3 is 1. The zero-order valence-electron chi connectivity index (χ0n) is 17.3. The lowest BCUT2D eigenvalue weighted by Crippen LogP contribution is -2.35. The Balaban J connectivity index is 1.54. The molecule has 1 atom stereocenters. The number of rotatable bonds is 7. The summed E-state index contributed by atoms with van der Waals surface area (Å²) in [5.41, 5.74) is 2.80. The van der Waals surface area contributed by atoms with E-state index >= 15 is 0 Å². The van der Waals surface area contributed by atoms with Gasteiger partial charge < -0.3 is 24.3 Å². The van der Waals surface area contributed by atoms with E-state index in [1.54, 1.807) is 18.2 Å². The molecular weight excluding hydrogens is 386 g/mol. The van der Waals surface area contributed by atoms with E-state index in [-0.39, 0.29) is 5.91 Å². The SMILES string of the molecule is COc1cc(/C=C/C(=O)O[C@H](C)C(=O)NCc2ccc(C)cc2)cc2c1OCCO2. The first-order valence-corrected chi connectivity index (χ1v) is 9.66. The first-order valence-electron chi connectivity index (χ1n) is 9.66. The van der Waals surface area contributed by atoms with Crippen LogP contribution in [0, 0.1) is 6.92 Å². The fourth-order valence-corrected chi connectivity index (χ4v) is 2.86. The van der Waals surface area contributed by atoms with Crippen LogP contribution in [-0.4, -0.2) is 38.3 Å². The normalized spacial score (nSPS) is 13.6. The number of amides is 1. The zero-order chi connectivity index (χ0) is 21.5. The van der Waals surface area contributed by atoms with Crippen LogP contribution in [-0.2, 0) is 20.9 Å². The highest BCUT2D eigenvalue weighted by atomic mass is 16.6. The van der Waals surface area contributed by atoms with E-state index in [0.717, 1.165) is 11.1 Å². The van der Waals surface area contributed by atoms with Crippen molar-refractivity contribution < 1.29 is 28.5 Å². The van der Waals surface area contributed by atoms with Crippen molar-refractivity contribution in [2.75, 3.05) is 20.3 Å². The van der Waals surface area contributed by atoms with Crippen molar-refractivity contribution in [3.05, 3.63) is 59.2 Å². The van der Waals surface area contributed by atoms with Crippen molar-refractivity contribution in [2.24, 2.45) is 0 Å². The summed E-state index contributed by atoms with van der Waals surface area (Å²) in [4.78, 5) is 24.3. The summed E-state index contributed by atoms with van der Waals surface area (Å²) in [5, 5.41) is 2.76. The van der Waals surface area contributed by atoms with Crippen LogP contribution in [0.15, 0.2) is 42.5 Å². The number of hydrogen-bond acceptors (Lipinski definition) is 6. The third-order valence-electron chi connectivity index (χ3n) is 4.51. The van der Waals surface area contributed by atoms with Crippen molar-refractivity contribution in [1.82, 2.24) is 5.32 Å². The van der Waals surface area contributed by atoms with Crippen molar-refractivity contribution in [3.8, 4) is 17.2 Å². The molecule has 1 aliphatic heterocycles. The van der Waals surface area contributed by atoms with E-state index in [1.165, 1.54) is 20.1 Å². The van der Waals surface area contributed by atoms with E-state index in [0.29, 0.717) is 42.6 Å². The molecule has 1 amide bonds. The number of hydrogen-bond donors (Lipinski definition) is 1. The molecule has 30 heavy (non-hydrogen) atoms. The quantitative estimate of drug-likeness (QED) is 0.557. The standard InChI is InChI=1S/C23H25NO6/c1-15-4-6-17(7-5-15)14-24-23(26)16(2)30-21(25)9-8-18-12-19(27-3)22-20(13-18)28-10-11-29-22/h4-9,12-13,16H,10-11,14H2,1-3H3,(H,24,26)/b9-8+/t16-/m1/s1. The van der Waals surface area contributed by atoms with Crippen LogP contribution in [0.3, 0.4) is 0 Å². The molecule has 0 unspecified atom stereocenters. The lowest BCUT2D eigenvalue weighted by Gasteiger charge is -2.20. The van der Waals surface area contributed by atoms with Crippen molar-refractivity contribution >= 4 is 18.0 Å². The predicted molar refractivity (Wildman–Crippen MR) is 112 cm³/mol. The number of esters is 1. The smallest absolute Gasteiger partial charge is 0.331 e. The van der Waals surface area contributed by atoms with Gasteiger partial charge in [0.05, 0.1) is 7.11 Å². The molecule has 0 fully saturated rings. The Morgan fingerprint density at radius 2 is 1.90 bits per heavy atom. The van der Waals surface area contributed by atoms with Gasteiger partial charge in [-0.2, -0.15) is 0 Å².